The molecule has 5 nitrogen and oxygen atoms in total. The molecule has 112 valence electrons. The van der Waals surface area contributed by atoms with E-state index < -0.39 is 0 Å². The van der Waals surface area contributed by atoms with Crippen LogP contribution in [0.4, 0.5) is 0 Å². The number of hydrogen-bond donors (Lipinski definition) is 2. The minimum atomic E-state index is -0.351. The molecule has 1 saturated carbocycles. The van der Waals surface area contributed by atoms with Gasteiger partial charge in [0.2, 0.25) is 11.8 Å². The molecule has 0 bridgehead atoms. The number of aromatic nitrogens is 1. The lowest BCUT2D eigenvalue weighted by Crippen LogP contribution is -2.46. The van der Waals surface area contributed by atoms with E-state index in [1.807, 2.05) is 12.3 Å². The van der Waals surface area contributed by atoms with Gasteiger partial charge in [-0.15, -0.1) is 0 Å². The zero-order valence-corrected chi connectivity index (χ0v) is 12.0. The van der Waals surface area contributed by atoms with Gasteiger partial charge < -0.3 is 10.6 Å². The highest BCUT2D eigenvalue weighted by Gasteiger charge is 2.38. The fourth-order valence-electron chi connectivity index (χ4n) is 3.00. The number of hydrogen-bond acceptors (Lipinski definition) is 3. The SMILES string of the molecule is O=C1CCCC[C@H](C(=O)NC[C@@H]2C[C@H]2c2cccnc2)N1. The first-order valence-electron chi connectivity index (χ1n) is 7.71. The molecule has 1 aliphatic heterocycles. The van der Waals surface area contributed by atoms with Crippen molar-refractivity contribution in [2.45, 2.75) is 44.1 Å². The summed E-state index contributed by atoms with van der Waals surface area (Å²) in [4.78, 5) is 27.8. The average molecular weight is 287 g/mol. The van der Waals surface area contributed by atoms with E-state index in [1.54, 1.807) is 6.20 Å². The molecule has 1 aromatic heterocycles. The number of rotatable bonds is 4. The van der Waals surface area contributed by atoms with E-state index in [0.29, 0.717) is 24.8 Å². The molecule has 2 N–H and O–H groups in total. The van der Waals surface area contributed by atoms with Gasteiger partial charge in [0.05, 0.1) is 0 Å². The maximum Gasteiger partial charge on any atom is 0.242 e. The number of carbonyl (C=O) groups is 2. The van der Waals surface area contributed by atoms with E-state index >= 15 is 0 Å². The van der Waals surface area contributed by atoms with Gasteiger partial charge in [0.1, 0.15) is 6.04 Å². The van der Waals surface area contributed by atoms with Gasteiger partial charge in [0, 0.05) is 25.4 Å². The Balaban J connectivity index is 1.45. The van der Waals surface area contributed by atoms with Crippen LogP contribution in [0.3, 0.4) is 0 Å². The highest BCUT2D eigenvalue weighted by atomic mass is 16.2. The predicted octanol–water partition coefficient (Wildman–Crippen LogP) is 1.36. The molecule has 1 aromatic rings. The predicted molar refractivity (Wildman–Crippen MR) is 78.5 cm³/mol. The van der Waals surface area contributed by atoms with Crippen LogP contribution in [0.25, 0.3) is 0 Å². The number of amides is 2. The summed E-state index contributed by atoms with van der Waals surface area (Å²) in [6, 6.07) is 3.69. The van der Waals surface area contributed by atoms with Gasteiger partial charge in [-0.2, -0.15) is 0 Å². The van der Waals surface area contributed by atoms with Crippen molar-refractivity contribution in [3.8, 4) is 0 Å². The van der Waals surface area contributed by atoms with Crippen LogP contribution in [-0.2, 0) is 9.59 Å². The van der Waals surface area contributed by atoms with Crippen LogP contribution in [0, 0.1) is 5.92 Å². The summed E-state index contributed by atoms with van der Waals surface area (Å²) in [5.74, 6) is 0.969. The first kappa shape index (κ1) is 14.0. The molecule has 3 rings (SSSR count). The molecule has 1 aliphatic carbocycles. The van der Waals surface area contributed by atoms with Crippen LogP contribution >= 0.6 is 0 Å². The summed E-state index contributed by atoms with van der Waals surface area (Å²) in [5.41, 5.74) is 1.25. The Labute approximate surface area is 124 Å². The Hall–Kier alpha value is -1.91. The zero-order valence-electron chi connectivity index (χ0n) is 12.0. The molecule has 0 aromatic carbocycles. The lowest BCUT2D eigenvalue weighted by atomic mass is 10.1. The molecule has 0 unspecified atom stereocenters. The smallest absolute Gasteiger partial charge is 0.242 e. The highest BCUT2D eigenvalue weighted by Crippen LogP contribution is 2.46. The third-order valence-corrected chi connectivity index (χ3v) is 4.37. The normalized spacial score (nSPS) is 28.4. The second-order valence-corrected chi connectivity index (χ2v) is 6.00. The fraction of sp³-hybridized carbons (Fsp3) is 0.562. The van der Waals surface area contributed by atoms with Crippen molar-refractivity contribution in [3.63, 3.8) is 0 Å². The first-order valence-corrected chi connectivity index (χ1v) is 7.71. The van der Waals surface area contributed by atoms with Crippen molar-refractivity contribution in [1.82, 2.24) is 15.6 Å². The van der Waals surface area contributed by atoms with Crippen LogP contribution in [0.15, 0.2) is 24.5 Å². The van der Waals surface area contributed by atoms with Crippen LogP contribution in [0.5, 0.6) is 0 Å². The highest BCUT2D eigenvalue weighted by molar-refractivity contribution is 5.87. The lowest BCUT2D eigenvalue weighted by Gasteiger charge is -2.15. The molecule has 2 fully saturated rings. The van der Waals surface area contributed by atoms with E-state index in [-0.39, 0.29) is 17.9 Å². The average Bonchev–Trinajstić information content (AvgIpc) is 3.30. The minimum absolute atomic E-state index is 0.00712. The van der Waals surface area contributed by atoms with Gasteiger partial charge in [0.25, 0.3) is 0 Å². The number of nitrogens with zero attached hydrogens (tertiary/aromatic N) is 1. The maximum atomic E-state index is 12.1. The van der Waals surface area contributed by atoms with Crippen LogP contribution in [0.1, 0.15) is 43.6 Å². The van der Waals surface area contributed by atoms with Gasteiger partial charge in [0.15, 0.2) is 0 Å². The molecule has 0 spiro atoms. The molecular formula is C16H21N3O2. The number of pyridine rings is 1. The molecule has 2 heterocycles. The zero-order chi connectivity index (χ0) is 14.7. The van der Waals surface area contributed by atoms with E-state index in [1.165, 1.54) is 5.56 Å². The summed E-state index contributed by atoms with van der Waals surface area (Å²) < 4.78 is 0. The minimum Gasteiger partial charge on any atom is -0.354 e. The molecule has 1 saturated heterocycles. The van der Waals surface area contributed by atoms with E-state index in [9.17, 15) is 9.59 Å². The van der Waals surface area contributed by atoms with E-state index in [2.05, 4.69) is 21.7 Å². The van der Waals surface area contributed by atoms with Gasteiger partial charge in [-0.25, -0.2) is 0 Å². The van der Waals surface area contributed by atoms with Crippen molar-refractivity contribution < 1.29 is 9.59 Å². The van der Waals surface area contributed by atoms with Crippen molar-refractivity contribution in [1.29, 1.82) is 0 Å². The second kappa shape index (κ2) is 6.24. The quantitative estimate of drug-likeness (QED) is 0.878. The van der Waals surface area contributed by atoms with Gasteiger partial charge in [-0.3, -0.25) is 14.6 Å². The third kappa shape index (κ3) is 3.60. The summed E-state index contributed by atoms with van der Waals surface area (Å²) >= 11 is 0. The summed E-state index contributed by atoms with van der Waals surface area (Å²) in [6.07, 6.45) is 7.86. The van der Waals surface area contributed by atoms with Crippen molar-refractivity contribution in [2.75, 3.05) is 6.54 Å². The molecule has 0 radical (unpaired) electrons. The standard InChI is InChI=1S/C16H21N3O2/c20-15-6-2-1-5-14(19-15)16(21)18-10-12-8-13(12)11-4-3-7-17-9-11/h3-4,7,9,12-14H,1-2,5-6,8,10H2,(H,18,21)(H,19,20)/t12-,13-,14+/m0/s1. The second-order valence-electron chi connectivity index (χ2n) is 6.00. The summed E-state index contributed by atoms with van der Waals surface area (Å²) in [6.45, 7) is 0.685. The Kier molecular flexibility index (Phi) is 4.18. The third-order valence-electron chi connectivity index (χ3n) is 4.37. The Morgan fingerprint density at radius 1 is 1.43 bits per heavy atom. The van der Waals surface area contributed by atoms with Crippen molar-refractivity contribution >= 4 is 11.8 Å². The maximum absolute atomic E-state index is 12.1. The Bertz CT molecular complexity index is 518. The van der Waals surface area contributed by atoms with E-state index in [0.717, 1.165) is 25.7 Å². The summed E-state index contributed by atoms with van der Waals surface area (Å²) in [7, 11) is 0. The molecular weight excluding hydrogens is 266 g/mol. The molecule has 21 heavy (non-hydrogen) atoms. The molecule has 3 atom stereocenters. The summed E-state index contributed by atoms with van der Waals surface area (Å²) in [5, 5.41) is 5.79. The Morgan fingerprint density at radius 2 is 2.33 bits per heavy atom. The lowest BCUT2D eigenvalue weighted by molar-refractivity contribution is -0.128. The van der Waals surface area contributed by atoms with Gasteiger partial charge in [-0.1, -0.05) is 12.5 Å². The fourth-order valence-corrected chi connectivity index (χ4v) is 3.00. The molecule has 2 amide bonds. The van der Waals surface area contributed by atoms with Crippen LogP contribution < -0.4 is 10.6 Å². The van der Waals surface area contributed by atoms with Crippen molar-refractivity contribution in [2.24, 2.45) is 5.92 Å². The van der Waals surface area contributed by atoms with Gasteiger partial charge in [-0.05, 0) is 42.7 Å². The van der Waals surface area contributed by atoms with Crippen molar-refractivity contribution in [3.05, 3.63) is 30.1 Å². The molecule has 2 aliphatic rings. The molecule has 5 heteroatoms. The van der Waals surface area contributed by atoms with E-state index in [4.69, 9.17) is 0 Å². The largest absolute Gasteiger partial charge is 0.354 e. The topological polar surface area (TPSA) is 71.1 Å². The monoisotopic (exact) mass is 287 g/mol. The van der Waals surface area contributed by atoms with Gasteiger partial charge >= 0.3 is 0 Å². The van der Waals surface area contributed by atoms with Crippen LogP contribution in [-0.4, -0.2) is 29.4 Å². The Morgan fingerprint density at radius 3 is 3.14 bits per heavy atom. The number of nitrogens with one attached hydrogen (secondary N) is 2. The number of carbonyl (C=O) groups excluding carboxylic acids is 2. The van der Waals surface area contributed by atoms with Crippen LogP contribution in [0.2, 0.25) is 0 Å². The first-order chi connectivity index (χ1) is 10.2.